The molecule has 1 aromatic carbocycles. The topological polar surface area (TPSA) is 47.6 Å². The molecule has 2 saturated carbocycles. The molecule has 4 nitrogen and oxygen atoms in total. The fourth-order valence-electron chi connectivity index (χ4n) is 5.77. The maximum absolute atomic E-state index is 12.6. The molecule has 0 radical (unpaired) electrons. The van der Waals surface area contributed by atoms with Crippen LogP contribution < -0.4 is 10.1 Å². The normalized spacial score (nSPS) is 34.5. The fourth-order valence-corrected chi connectivity index (χ4v) is 5.77. The van der Waals surface area contributed by atoms with Crippen LogP contribution in [0.2, 0.25) is 0 Å². The lowest BCUT2D eigenvalue weighted by atomic mass is 9.55. The number of rotatable bonds is 6. The van der Waals surface area contributed by atoms with Crippen molar-refractivity contribution in [2.24, 2.45) is 23.2 Å². The summed E-state index contributed by atoms with van der Waals surface area (Å²) in [5.41, 5.74) is 2.94. The van der Waals surface area contributed by atoms with Gasteiger partial charge < -0.3 is 14.8 Å². The summed E-state index contributed by atoms with van der Waals surface area (Å²) < 4.78 is 11.0. The smallest absolute Gasteiger partial charge is 0.310 e. The summed E-state index contributed by atoms with van der Waals surface area (Å²) in [7, 11) is 1.68. The van der Waals surface area contributed by atoms with Gasteiger partial charge in [-0.25, -0.2) is 0 Å². The number of benzene rings is 1. The van der Waals surface area contributed by atoms with E-state index in [4.69, 9.17) is 9.47 Å². The highest BCUT2D eigenvalue weighted by molar-refractivity contribution is 5.75. The van der Waals surface area contributed by atoms with Crippen LogP contribution >= 0.6 is 0 Å². The summed E-state index contributed by atoms with van der Waals surface area (Å²) in [5.74, 6) is 1.76. The molecule has 1 heterocycles. The van der Waals surface area contributed by atoms with E-state index in [1.807, 2.05) is 12.1 Å². The van der Waals surface area contributed by atoms with Crippen LogP contribution in [0.3, 0.4) is 0 Å². The molecule has 4 heteroatoms. The van der Waals surface area contributed by atoms with Crippen molar-refractivity contribution in [3.8, 4) is 5.75 Å². The third-order valence-electron chi connectivity index (χ3n) is 7.43. The molecular weight excluding hydrogens is 350 g/mol. The Morgan fingerprint density at radius 2 is 2.11 bits per heavy atom. The van der Waals surface area contributed by atoms with Gasteiger partial charge >= 0.3 is 5.97 Å². The minimum Gasteiger partial charge on any atom is -0.497 e. The van der Waals surface area contributed by atoms with Crippen LogP contribution in [0.5, 0.6) is 5.75 Å². The molecule has 152 valence electrons. The Labute approximate surface area is 168 Å². The molecule has 5 atom stereocenters. The van der Waals surface area contributed by atoms with E-state index in [2.05, 4.69) is 31.0 Å². The van der Waals surface area contributed by atoms with Gasteiger partial charge in [0.05, 0.1) is 13.0 Å². The second-order valence-electron chi connectivity index (χ2n) is 9.21. The number of nitrogens with one attached hydrogen (secondary N) is 1. The van der Waals surface area contributed by atoms with E-state index in [0.717, 1.165) is 38.0 Å². The first-order chi connectivity index (χ1) is 13.5. The predicted molar refractivity (Wildman–Crippen MR) is 110 cm³/mol. The molecule has 3 aliphatic rings. The Balaban J connectivity index is 1.32. The second-order valence-corrected chi connectivity index (χ2v) is 9.21. The van der Waals surface area contributed by atoms with Gasteiger partial charge in [-0.15, -0.1) is 0 Å². The van der Waals surface area contributed by atoms with Gasteiger partial charge in [0.15, 0.2) is 0 Å². The number of carbonyl (C=O) groups excluding carboxylic acids is 1. The number of hydrogen-bond acceptors (Lipinski definition) is 4. The van der Waals surface area contributed by atoms with Crippen LogP contribution in [-0.4, -0.2) is 32.3 Å². The summed E-state index contributed by atoms with van der Waals surface area (Å²) >= 11 is 0. The van der Waals surface area contributed by atoms with Gasteiger partial charge in [-0.2, -0.15) is 0 Å². The van der Waals surface area contributed by atoms with Crippen LogP contribution in [0.25, 0.3) is 0 Å². The highest BCUT2D eigenvalue weighted by atomic mass is 16.6. The number of hydrogen-bond donors (Lipinski definition) is 1. The Hall–Kier alpha value is -1.81. The molecule has 1 aromatic rings. The molecule has 4 rings (SSSR count). The summed E-state index contributed by atoms with van der Waals surface area (Å²) in [6.45, 7) is 8.33. The maximum atomic E-state index is 12.6. The minimum atomic E-state index is -0.0138. The Bertz CT molecular complexity index is 728. The van der Waals surface area contributed by atoms with E-state index in [0.29, 0.717) is 18.4 Å². The highest BCUT2D eigenvalue weighted by Gasteiger charge is 2.54. The fraction of sp³-hybridized carbons (Fsp3) is 0.625. The van der Waals surface area contributed by atoms with Crippen molar-refractivity contribution in [3.05, 3.63) is 42.0 Å². The minimum absolute atomic E-state index is 0.000179. The largest absolute Gasteiger partial charge is 0.497 e. The summed E-state index contributed by atoms with van der Waals surface area (Å²) in [6, 6.07) is 8.17. The quantitative estimate of drug-likeness (QED) is 0.456. The molecule has 0 spiro atoms. The number of allylic oxidation sites excluding steroid dienone is 1. The summed E-state index contributed by atoms with van der Waals surface area (Å²) in [4.78, 5) is 12.6. The van der Waals surface area contributed by atoms with Gasteiger partial charge in [-0.1, -0.05) is 31.2 Å². The Kier molecular flexibility index (Phi) is 5.50. The second kappa shape index (κ2) is 7.90. The average molecular weight is 384 g/mol. The third-order valence-corrected chi connectivity index (χ3v) is 7.43. The monoisotopic (exact) mass is 383 g/mol. The van der Waals surface area contributed by atoms with Crippen molar-refractivity contribution >= 4 is 5.97 Å². The van der Waals surface area contributed by atoms with E-state index in [9.17, 15) is 4.79 Å². The Morgan fingerprint density at radius 1 is 1.32 bits per heavy atom. The van der Waals surface area contributed by atoms with Crippen molar-refractivity contribution in [1.82, 2.24) is 5.32 Å². The lowest BCUT2D eigenvalue weighted by molar-refractivity contribution is -0.146. The van der Waals surface area contributed by atoms with E-state index >= 15 is 0 Å². The van der Waals surface area contributed by atoms with E-state index < -0.39 is 0 Å². The molecule has 0 unspecified atom stereocenters. The average Bonchev–Trinajstić information content (AvgIpc) is 2.98. The molecule has 0 aromatic heterocycles. The highest BCUT2D eigenvalue weighted by Crippen LogP contribution is 2.56. The number of carbonyl (C=O) groups is 1. The first-order valence-corrected chi connectivity index (χ1v) is 10.7. The SMILES string of the molecule is C=C1CCC[C@]2(C)C[C@H]3OC(=O)[C@H](CNCCc4ccc(OC)cc4)[C@@H]3C[C@@H]12. The van der Waals surface area contributed by atoms with Gasteiger partial charge in [-0.05, 0) is 74.1 Å². The predicted octanol–water partition coefficient (Wildman–Crippen LogP) is 4.14. The van der Waals surface area contributed by atoms with Gasteiger partial charge in [0.25, 0.3) is 0 Å². The lowest BCUT2D eigenvalue weighted by Gasteiger charge is -2.50. The first-order valence-electron chi connectivity index (χ1n) is 10.7. The zero-order valence-electron chi connectivity index (χ0n) is 17.2. The summed E-state index contributed by atoms with van der Waals surface area (Å²) in [5, 5.41) is 3.51. The standard InChI is InChI=1S/C24H33NO3/c1-16-5-4-11-24(2)14-22-19(13-21(16)24)20(23(26)28-22)15-25-12-10-17-6-8-18(27-3)9-7-17/h6-9,19-22,25H,1,4-5,10-15H2,2-3H3/t19-,20+,21-,22+,24+/m0/s1. The summed E-state index contributed by atoms with van der Waals surface area (Å²) in [6.07, 6.45) is 6.74. The van der Waals surface area contributed by atoms with Crippen LogP contribution in [0.15, 0.2) is 36.4 Å². The number of ether oxygens (including phenoxy) is 2. The molecule has 1 aliphatic heterocycles. The number of esters is 1. The zero-order chi connectivity index (χ0) is 19.7. The van der Waals surface area contributed by atoms with Crippen LogP contribution in [0, 0.1) is 23.2 Å². The van der Waals surface area contributed by atoms with Gasteiger partial charge in [0.1, 0.15) is 11.9 Å². The third kappa shape index (κ3) is 3.71. The van der Waals surface area contributed by atoms with Crippen molar-refractivity contribution in [3.63, 3.8) is 0 Å². The van der Waals surface area contributed by atoms with Gasteiger partial charge in [-0.3, -0.25) is 4.79 Å². The molecule has 1 saturated heterocycles. The van der Waals surface area contributed by atoms with Crippen LogP contribution in [0.4, 0.5) is 0 Å². The van der Waals surface area contributed by atoms with E-state index in [1.165, 1.54) is 24.0 Å². The van der Waals surface area contributed by atoms with E-state index in [1.54, 1.807) is 7.11 Å². The lowest BCUT2D eigenvalue weighted by Crippen LogP contribution is -2.45. The molecule has 1 N–H and O–H groups in total. The Morgan fingerprint density at radius 3 is 2.86 bits per heavy atom. The molecule has 3 fully saturated rings. The van der Waals surface area contributed by atoms with Gasteiger partial charge in [0, 0.05) is 12.5 Å². The molecule has 2 aliphatic carbocycles. The number of fused-ring (bicyclic) bond motifs is 2. The molecule has 28 heavy (non-hydrogen) atoms. The van der Waals surface area contributed by atoms with Crippen molar-refractivity contribution in [1.29, 1.82) is 0 Å². The zero-order valence-corrected chi connectivity index (χ0v) is 17.2. The van der Waals surface area contributed by atoms with Gasteiger partial charge in [0.2, 0.25) is 0 Å². The van der Waals surface area contributed by atoms with E-state index in [-0.39, 0.29) is 23.4 Å². The van der Waals surface area contributed by atoms with Crippen LogP contribution in [0.1, 0.15) is 44.6 Å². The van der Waals surface area contributed by atoms with Crippen molar-refractivity contribution in [2.75, 3.05) is 20.2 Å². The van der Waals surface area contributed by atoms with Crippen molar-refractivity contribution in [2.45, 2.75) is 51.6 Å². The van der Waals surface area contributed by atoms with Crippen LogP contribution in [-0.2, 0) is 16.0 Å². The maximum Gasteiger partial charge on any atom is 0.310 e. The number of methoxy groups -OCH3 is 1. The molecule has 0 bridgehead atoms. The molecular formula is C24H33NO3. The van der Waals surface area contributed by atoms with Crippen molar-refractivity contribution < 1.29 is 14.3 Å². The first kappa shape index (κ1) is 19.5. The molecule has 0 amide bonds.